The van der Waals surface area contributed by atoms with Crippen molar-refractivity contribution in [3.05, 3.63) is 29.3 Å². The van der Waals surface area contributed by atoms with Gasteiger partial charge in [0.25, 0.3) is 0 Å². The van der Waals surface area contributed by atoms with Gasteiger partial charge in [-0.2, -0.15) is 0 Å². The number of nitrogens with two attached hydrogens (primary N) is 1. The van der Waals surface area contributed by atoms with E-state index in [1.54, 1.807) is 0 Å². The van der Waals surface area contributed by atoms with Crippen molar-refractivity contribution in [3.8, 4) is 5.75 Å². The molecule has 0 aliphatic carbocycles. The van der Waals surface area contributed by atoms with Crippen molar-refractivity contribution in [1.82, 2.24) is 5.32 Å². The largest absolute Gasteiger partial charge is 0.491 e. The lowest BCUT2D eigenvalue weighted by atomic mass is 10.0. The van der Waals surface area contributed by atoms with Crippen LogP contribution in [-0.2, 0) is 16.1 Å². The maximum Gasteiger partial charge on any atom is 0.224 e. The molecule has 0 saturated carbocycles. The Hall–Kier alpha value is -1.30. The molecule has 0 fully saturated rings. The highest BCUT2D eigenvalue weighted by atomic mass is 35.5. The van der Waals surface area contributed by atoms with Crippen molar-refractivity contribution in [1.29, 1.82) is 0 Å². The van der Waals surface area contributed by atoms with Crippen LogP contribution in [0.1, 0.15) is 31.9 Å². The van der Waals surface area contributed by atoms with E-state index in [1.807, 2.05) is 45.9 Å². The molecule has 0 spiro atoms. The molecule has 23 heavy (non-hydrogen) atoms. The van der Waals surface area contributed by atoms with Gasteiger partial charge >= 0.3 is 0 Å². The Bertz CT molecular complexity index is 481. The molecule has 0 aromatic heterocycles. The maximum atomic E-state index is 12.0. The molecule has 132 valence electrons. The van der Waals surface area contributed by atoms with Gasteiger partial charge < -0.3 is 20.5 Å². The zero-order valence-corrected chi connectivity index (χ0v) is 15.2. The zero-order chi connectivity index (χ0) is 16.5. The summed E-state index contributed by atoms with van der Waals surface area (Å²) >= 11 is 0. The molecule has 0 radical (unpaired) electrons. The lowest BCUT2D eigenvalue weighted by molar-refractivity contribution is -0.125. The molecule has 0 saturated heterocycles. The number of carbonyl (C=O) groups is 1. The second kappa shape index (κ2) is 11.3. The van der Waals surface area contributed by atoms with Crippen molar-refractivity contribution in [2.24, 2.45) is 11.7 Å². The van der Waals surface area contributed by atoms with Crippen molar-refractivity contribution >= 4 is 18.3 Å². The fourth-order valence-corrected chi connectivity index (χ4v) is 1.88. The number of amides is 1. The predicted octanol–water partition coefficient (Wildman–Crippen LogP) is 2.43. The topological polar surface area (TPSA) is 73.6 Å². The van der Waals surface area contributed by atoms with Gasteiger partial charge in [-0.05, 0) is 32.4 Å². The summed E-state index contributed by atoms with van der Waals surface area (Å²) < 4.78 is 11.0. The Morgan fingerprint density at radius 1 is 1.30 bits per heavy atom. The standard InChI is InChI=1S/C17H28N2O3.ClH/c1-5-21-8-9-22-16-10-12(2)6-7-15(16)11-19-17(20)13(3)14(4)18;/h6-7,10,13-14H,5,8-9,11,18H2,1-4H3,(H,19,20);1H. The Kier molecular flexibility index (Phi) is 10.6. The molecule has 1 amide bonds. The number of aryl methyl sites for hydroxylation is 1. The molecule has 6 heteroatoms. The summed E-state index contributed by atoms with van der Waals surface area (Å²) in [4.78, 5) is 12.0. The Labute approximate surface area is 145 Å². The van der Waals surface area contributed by atoms with Crippen LogP contribution >= 0.6 is 12.4 Å². The Balaban J connectivity index is 0.00000484. The minimum Gasteiger partial charge on any atom is -0.491 e. The van der Waals surface area contributed by atoms with E-state index in [0.29, 0.717) is 26.4 Å². The molecule has 0 aliphatic rings. The molecule has 1 aromatic rings. The number of benzene rings is 1. The predicted molar refractivity (Wildman–Crippen MR) is 95.1 cm³/mol. The van der Waals surface area contributed by atoms with Crippen molar-refractivity contribution in [2.75, 3.05) is 19.8 Å². The van der Waals surface area contributed by atoms with Crippen LogP contribution in [0.15, 0.2) is 18.2 Å². The first-order valence-electron chi connectivity index (χ1n) is 7.79. The summed E-state index contributed by atoms with van der Waals surface area (Å²) in [6.45, 7) is 9.78. The molecule has 5 nitrogen and oxygen atoms in total. The quantitative estimate of drug-likeness (QED) is 0.675. The number of nitrogens with one attached hydrogen (secondary N) is 1. The normalized spacial score (nSPS) is 12.9. The number of halogens is 1. The molecule has 0 bridgehead atoms. The fourth-order valence-electron chi connectivity index (χ4n) is 1.88. The van der Waals surface area contributed by atoms with Gasteiger partial charge in [-0.3, -0.25) is 4.79 Å². The van der Waals surface area contributed by atoms with Gasteiger partial charge in [-0.15, -0.1) is 12.4 Å². The van der Waals surface area contributed by atoms with E-state index in [-0.39, 0.29) is 30.3 Å². The van der Waals surface area contributed by atoms with Crippen LogP contribution in [-0.4, -0.2) is 31.8 Å². The smallest absolute Gasteiger partial charge is 0.224 e. The van der Waals surface area contributed by atoms with Crippen LogP contribution in [0.25, 0.3) is 0 Å². The van der Waals surface area contributed by atoms with Crippen molar-refractivity contribution < 1.29 is 14.3 Å². The number of rotatable bonds is 9. The summed E-state index contributed by atoms with van der Waals surface area (Å²) in [7, 11) is 0. The highest BCUT2D eigenvalue weighted by Gasteiger charge is 2.17. The van der Waals surface area contributed by atoms with Gasteiger partial charge in [-0.25, -0.2) is 0 Å². The third kappa shape index (κ3) is 7.68. The first kappa shape index (κ1) is 21.7. The number of carbonyl (C=O) groups excluding carboxylic acids is 1. The van der Waals surface area contributed by atoms with Crippen LogP contribution < -0.4 is 15.8 Å². The highest BCUT2D eigenvalue weighted by molar-refractivity contribution is 5.85. The molecule has 0 heterocycles. The van der Waals surface area contributed by atoms with Crippen molar-refractivity contribution in [3.63, 3.8) is 0 Å². The van der Waals surface area contributed by atoms with E-state index >= 15 is 0 Å². The number of hydrogen-bond donors (Lipinski definition) is 2. The lowest BCUT2D eigenvalue weighted by Gasteiger charge is -2.17. The summed E-state index contributed by atoms with van der Waals surface area (Å²) in [5, 5.41) is 2.91. The molecule has 1 rings (SSSR count). The fraction of sp³-hybridized carbons (Fsp3) is 0.588. The maximum absolute atomic E-state index is 12.0. The first-order chi connectivity index (χ1) is 10.5. The molecule has 2 unspecified atom stereocenters. The van der Waals surface area contributed by atoms with Crippen LogP contribution in [0.2, 0.25) is 0 Å². The monoisotopic (exact) mass is 344 g/mol. The second-order valence-corrected chi connectivity index (χ2v) is 5.52. The Morgan fingerprint density at radius 3 is 2.61 bits per heavy atom. The van der Waals surface area contributed by atoms with Crippen LogP contribution in [0, 0.1) is 12.8 Å². The third-order valence-corrected chi connectivity index (χ3v) is 3.57. The minimum absolute atomic E-state index is 0. The van der Waals surface area contributed by atoms with E-state index < -0.39 is 0 Å². The van der Waals surface area contributed by atoms with Gasteiger partial charge in [0.15, 0.2) is 0 Å². The SMILES string of the molecule is CCOCCOc1cc(C)ccc1CNC(=O)C(C)C(C)N.Cl. The summed E-state index contributed by atoms with van der Waals surface area (Å²) in [5.74, 6) is 0.525. The molecule has 3 N–H and O–H groups in total. The molecular formula is C17H29ClN2O3. The van der Waals surface area contributed by atoms with Crippen molar-refractivity contribution in [2.45, 2.75) is 40.3 Å². The van der Waals surface area contributed by atoms with E-state index in [2.05, 4.69) is 5.32 Å². The van der Waals surface area contributed by atoms with Gasteiger partial charge in [0.1, 0.15) is 12.4 Å². The second-order valence-electron chi connectivity index (χ2n) is 5.52. The van der Waals surface area contributed by atoms with E-state index in [0.717, 1.165) is 16.9 Å². The van der Waals surface area contributed by atoms with Crippen LogP contribution in [0.4, 0.5) is 0 Å². The van der Waals surface area contributed by atoms with Gasteiger partial charge in [-0.1, -0.05) is 19.1 Å². The number of hydrogen-bond acceptors (Lipinski definition) is 4. The molecule has 2 atom stereocenters. The average molecular weight is 345 g/mol. The average Bonchev–Trinajstić information content (AvgIpc) is 2.49. The molecule has 0 aliphatic heterocycles. The van der Waals surface area contributed by atoms with E-state index in [9.17, 15) is 4.79 Å². The summed E-state index contributed by atoms with van der Waals surface area (Å²) in [6, 6.07) is 5.79. The summed E-state index contributed by atoms with van der Waals surface area (Å²) in [5.41, 5.74) is 7.82. The molecular weight excluding hydrogens is 316 g/mol. The van der Waals surface area contributed by atoms with Gasteiger partial charge in [0.05, 0.1) is 6.61 Å². The Morgan fingerprint density at radius 2 is 2.00 bits per heavy atom. The lowest BCUT2D eigenvalue weighted by Crippen LogP contribution is -2.38. The number of ether oxygens (including phenoxy) is 2. The van der Waals surface area contributed by atoms with Crippen LogP contribution in [0.3, 0.4) is 0 Å². The van der Waals surface area contributed by atoms with Gasteiger partial charge in [0, 0.05) is 30.7 Å². The minimum atomic E-state index is -0.215. The third-order valence-electron chi connectivity index (χ3n) is 3.57. The highest BCUT2D eigenvalue weighted by Crippen LogP contribution is 2.20. The van der Waals surface area contributed by atoms with E-state index in [4.69, 9.17) is 15.2 Å². The van der Waals surface area contributed by atoms with Crippen LogP contribution in [0.5, 0.6) is 5.75 Å². The molecule has 1 aromatic carbocycles. The zero-order valence-electron chi connectivity index (χ0n) is 14.4. The first-order valence-corrected chi connectivity index (χ1v) is 7.79. The van der Waals surface area contributed by atoms with E-state index in [1.165, 1.54) is 0 Å². The van der Waals surface area contributed by atoms with Gasteiger partial charge in [0.2, 0.25) is 5.91 Å². The summed E-state index contributed by atoms with van der Waals surface area (Å²) in [6.07, 6.45) is 0.